The molecule has 1 unspecified atom stereocenters. The lowest BCUT2D eigenvalue weighted by Crippen LogP contribution is -2.29. The van der Waals surface area contributed by atoms with Crippen LogP contribution in [0.5, 0.6) is 0 Å². The Morgan fingerprint density at radius 1 is 1.00 bits per heavy atom. The van der Waals surface area contributed by atoms with Gasteiger partial charge in [0.05, 0.1) is 34.5 Å². The lowest BCUT2D eigenvalue weighted by Gasteiger charge is -2.24. The highest BCUT2D eigenvalue weighted by Crippen LogP contribution is 2.41. The van der Waals surface area contributed by atoms with E-state index in [1.54, 1.807) is 54.6 Å². The molecule has 0 radical (unpaired) electrons. The number of ketones is 1. The highest BCUT2D eigenvalue weighted by atomic mass is 35.5. The summed E-state index contributed by atoms with van der Waals surface area (Å²) in [6.45, 7) is 0.0416. The summed E-state index contributed by atoms with van der Waals surface area (Å²) in [5.41, 5.74) is 0.846. The Morgan fingerprint density at radius 2 is 1.73 bits per heavy atom. The third-order valence-corrected chi connectivity index (χ3v) is 5.81. The first-order valence-electron chi connectivity index (χ1n) is 8.88. The number of rotatable bonds is 4. The van der Waals surface area contributed by atoms with Crippen LogP contribution in [0.2, 0.25) is 15.1 Å². The van der Waals surface area contributed by atoms with Gasteiger partial charge in [-0.25, -0.2) is 0 Å². The zero-order chi connectivity index (χ0) is 21.4. The molecule has 0 spiro atoms. The van der Waals surface area contributed by atoms with Crippen molar-refractivity contribution in [1.29, 1.82) is 0 Å². The largest absolute Gasteiger partial charge is 0.507 e. The number of furan rings is 1. The summed E-state index contributed by atoms with van der Waals surface area (Å²) in [7, 11) is 0. The molecule has 1 fully saturated rings. The molecular formula is C22H14Cl3NO4. The Morgan fingerprint density at radius 3 is 2.37 bits per heavy atom. The van der Waals surface area contributed by atoms with E-state index in [4.69, 9.17) is 39.2 Å². The molecule has 8 heteroatoms. The highest BCUT2D eigenvalue weighted by molar-refractivity contribution is 6.46. The molecule has 1 aliphatic rings. The monoisotopic (exact) mass is 461 g/mol. The fourth-order valence-electron chi connectivity index (χ4n) is 3.41. The van der Waals surface area contributed by atoms with Gasteiger partial charge in [-0.15, -0.1) is 0 Å². The van der Waals surface area contributed by atoms with Crippen LogP contribution in [0.25, 0.3) is 5.76 Å². The molecular weight excluding hydrogens is 449 g/mol. The second-order valence-electron chi connectivity index (χ2n) is 6.69. The molecule has 0 aliphatic carbocycles. The van der Waals surface area contributed by atoms with Gasteiger partial charge in [0, 0.05) is 10.6 Å². The molecule has 30 heavy (non-hydrogen) atoms. The number of benzene rings is 2. The van der Waals surface area contributed by atoms with Crippen molar-refractivity contribution >= 4 is 52.3 Å². The predicted molar refractivity (Wildman–Crippen MR) is 114 cm³/mol. The number of halogens is 3. The van der Waals surface area contributed by atoms with E-state index in [9.17, 15) is 14.7 Å². The number of amides is 1. The maximum atomic E-state index is 12.9. The molecule has 2 heterocycles. The minimum absolute atomic E-state index is 0.0416. The van der Waals surface area contributed by atoms with Gasteiger partial charge in [-0.2, -0.15) is 0 Å². The minimum Gasteiger partial charge on any atom is -0.507 e. The van der Waals surface area contributed by atoms with Crippen LogP contribution in [-0.4, -0.2) is 21.7 Å². The van der Waals surface area contributed by atoms with Crippen molar-refractivity contribution < 1.29 is 19.1 Å². The SMILES string of the molecule is O=C1C(=O)N(Cc2ccco2)C(c2ccc(Cl)c(Cl)c2)C1=C(O)c1ccc(Cl)cc1. The quantitative estimate of drug-likeness (QED) is 0.299. The minimum atomic E-state index is -0.874. The molecule has 152 valence electrons. The summed E-state index contributed by atoms with van der Waals surface area (Å²) in [5.74, 6) is -1.36. The van der Waals surface area contributed by atoms with Crippen LogP contribution in [0.3, 0.4) is 0 Å². The van der Waals surface area contributed by atoms with Gasteiger partial charge >= 0.3 is 0 Å². The molecule has 4 rings (SSSR count). The van der Waals surface area contributed by atoms with E-state index in [1.807, 2.05) is 0 Å². The van der Waals surface area contributed by atoms with Crippen molar-refractivity contribution in [1.82, 2.24) is 4.90 Å². The van der Waals surface area contributed by atoms with E-state index in [1.165, 1.54) is 11.2 Å². The zero-order valence-corrected chi connectivity index (χ0v) is 17.6. The standard InChI is InChI=1S/C22H14Cl3NO4/c23-14-6-3-12(4-7-14)20(27)18-19(13-5-8-16(24)17(25)10-13)26(22(29)21(18)28)11-15-2-1-9-30-15/h1-10,19,27H,11H2. The van der Waals surface area contributed by atoms with Crippen LogP contribution >= 0.6 is 34.8 Å². The number of hydrogen-bond acceptors (Lipinski definition) is 4. The third-order valence-electron chi connectivity index (χ3n) is 4.82. The summed E-state index contributed by atoms with van der Waals surface area (Å²) in [6, 6.07) is 13.6. The molecule has 0 saturated carbocycles. The molecule has 5 nitrogen and oxygen atoms in total. The Balaban J connectivity index is 1.88. The lowest BCUT2D eigenvalue weighted by atomic mass is 9.95. The van der Waals surface area contributed by atoms with Gasteiger partial charge in [-0.3, -0.25) is 9.59 Å². The van der Waals surface area contributed by atoms with Gasteiger partial charge in [0.15, 0.2) is 0 Å². The number of carbonyl (C=O) groups is 2. The van der Waals surface area contributed by atoms with Crippen LogP contribution in [-0.2, 0) is 16.1 Å². The van der Waals surface area contributed by atoms with Gasteiger partial charge in [0.25, 0.3) is 11.7 Å². The summed E-state index contributed by atoms with van der Waals surface area (Å²) in [5, 5.41) is 12.0. The van der Waals surface area contributed by atoms with Gasteiger partial charge in [-0.05, 0) is 54.1 Å². The summed E-state index contributed by atoms with van der Waals surface area (Å²) >= 11 is 18.1. The van der Waals surface area contributed by atoms with E-state index in [0.29, 0.717) is 26.9 Å². The van der Waals surface area contributed by atoms with E-state index in [2.05, 4.69) is 0 Å². The fraction of sp³-hybridized carbons (Fsp3) is 0.0909. The van der Waals surface area contributed by atoms with Gasteiger partial charge < -0.3 is 14.4 Å². The summed E-state index contributed by atoms with van der Waals surface area (Å²) < 4.78 is 5.35. The molecule has 2 aromatic carbocycles. The predicted octanol–water partition coefficient (Wildman–Crippen LogP) is 5.86. The van der Waals surface area contributed by atoms with Crippen molar-refractivity contribution in [3.8, 4) is 0 Å². The Hall–Kier alpha value is -2.73. The normalized spacial score (nSPS) is 18.2. The smallest absolute Gasteiger partial charge is 0.296 e. The van der Waals surface area contributed by atoms with Crippen LogP contribution < -0.4 is 0 Å². The summed E-state index contributed by atoms with van der Waals surface area (Å²) in [6.07, 6.45) is 1.48. The van der Waals surface area contributed by atoms with Crippen molar-refractivity contribution in [2.24, 2.45) is 0 Å². The van der Waals surface area contributed by atoms with Gasteiger partial charge in [-0.1, -0.05) is 40.9 Å². The van der Waals surface area contributed by atoms with Crippen LogP contribution in [0.1, 0.15) is 22.9 Å². The van der Waals surface area contributed by atoms with Crippen molar-refractivity contribution in [3.05, 3.63) is 98.4 Å². The Labute approximate surface area is 187 Å². The molecule has 1 aromatic heterocycles. The number of hydrogen-bond donors (Lipinski definition) is 1. The first kappa shape index (κ1) is 20.5. The van der Waals surface area contributed by atoms with Crippen molar-refractivity contribution in [2.45, 2.75) is 12.6 Å². The molecule has 1 saturated heterocycles. The van der Waals surface area contributed by atoms with Crippen molar-refractivity contribution in [3.63, 3.8) is 0 Å². The molecule has 1 amide bonds. The first-order valence-corrected chi connectivity index (χ1v) is 10.0. The average molecular weight is 463 g/mol. The highest BCUT2D eigenvalue weighted by Gasteiger charge is 2.46. The van der Waals surface area contributed by atoms with Crippen LogP contribution in [0, 0.1) is 0 Å². The van der Waals surface area contributed by atoms with Gasteiger partial charge in [0.2, 0.25) is 0 Å². The van der Waals surface area contributed by atoms with Crippen LogP contribution in [0.15, 0.2) is 70.9 Å². The number of aliphatic hydroxyl groups excluding tert-OH is 1. The maximum Gasteiger partial charge on any atom is 0.296 e. The zero-order valence-electron chi connectivity index (χ0n) is 15.3. The van der Waals surface area contributed by atoms with Crippen LogP contribution in [0.4, 0.5) is 0 Å². The van der Waals surface area contributed by atoms with E-state index < -0.39 is 17.7 Å². The van der Waals surface area contributed by atoms with E-state index in [0.717, 1.165) is 0 Å². The third kappa shape index (κ3) is 3.72. The van der Waals surface area contributed by atoms with Gasteiger partial charge in [0.1, 0.15) is 11.5 Å². The Kier molecular flexibility index (Phi) is 5.60. The molecule has 1 atom stereocenters. The second-order valence-corrected chi connectivity index (χ2v) is 7.94. The second kappa shape index (κ2) is 8.19. The fourth-order valence-corrected chi connectivity index (χ4v) is 3.84. The summed E-state index contributed by atoms with van der Waals surface area (Å²) in [4.78, 5) is 27.1. The topological polar surface area (TPSA) is 70.8 Å². The lowest BCUT2D eigenvalue weighted by molar-refractivity contribution is -0.140. The number of likely N-dealkylation sites (tertiary alicyclic amines) is 1. The molecule has 1 N–H and O–H groups in total. The molecule has 3 aromatic rings. The van der Waals surface area contributed by atoms with E-state index >= 15 is 0 Å². The number of carbonyl (C=O) groups excluding carboxylic acids is 2. The van der Waals surface area contributed by atoms with E-state index in [-0.39, 0.29) is 22.9 Å². The maximum absolute atomic E-state index is 12.9. The first-order chi connectivity index (χ1) is 14.4. The van der Waals surface area contributed by atoms with Crippen molar-refractivity contribution in [2.75, 3.05) is 0 Å². The molecule has 0 bridgehead atoms. The molecule has 1 aliphatic heterocycles. The number of nitrogens with zero attached hydrogens (tertiary/aromatic N) is 1. The number of aliphatic hydroxyl groups is 1. The number of Topliss-reactive ketones (excluding diaryl/α,β-unsaturated/α-hetero) is 1. The Bertz CT molecular complexity index is 1150. The average Bonchev–Trinajstić information content (AvgIpc) is 3.33.